The number of benzene rings is 3. The van der Waals surface area contributed by atoms with E-state index in [1.54, 1.807) is 35.2 Å². The second-order valence-corrected chi connectivity index (χ2v) is 10.4. The van der Waals surface area contributed by atoms with Gasteiger partial charge in [-0.2, -0.15) is 5.26 Å². The molecule has 5 rings (SSSR count). The van der Waals surface area contributed by atoms with E-state index in [0.29, 0.717) is 36.1 Å². The van der Waals surface area contributed by atoms with Crippen molar-refractivity contribution in [1.29, 1.82) is 5.26 Å². The maximum Gasteiger partial charge on any atom is 0.258 e. The number of hydrogen-bond donors (Lipinski definition) is 1. The zero-order valence-corrected chi connectivity index (χ0v) is 21.6. The van der Waals surface area contributed by atoms with Gasteiger partial charge in [-0.15, -0.1) is 0 Å². The summed E-state index contributed by atoms with van der Waals surface area (Å²) in [7, 11) is 0. The standard InChI is InChI=1S/C30H28ClFN4O2/c31-25-7-4-8-26(32)28(25)30(38)36-18-23-16-35(17-24(23)19-36)14-13-27(21-5-2-1-3-6-21)34-29(37)22-11-9-20(15-33)10-12-22/h1-12,23-24,27H,13-14,16-19H2,(H,34,37)/t23?,24?,27-/m0/s1. The van der Waals surface area contributed by atoms with Crippen molar-refractivity contribution in [1.82, 2.24) is 15.1 Å². The topological polar surface area (TPSA) is 76.4 Å². The summed E-state index contributed by atoms with van der Waals surface area (Å²) in [6.07, 6.45) is 0.735. The predicted molar refractivity (Wildman–Crippen MR) is 143 cm³/mol. The lowest BCUT2D eigenvalue weighted by atomic mass is 10.0. The molecule has 194 valence electrons. The number of nitrogens with one attached hydrogen (secondary N) is 1. The summed E-state index contributed by atoms with van der Waals surface area (Å²) < 4.78 is 14.3. The Morgan fingerprint density at radius 2 is 1.66 bits per heavy atom. The number of rotatable bonds is 7. The van der Waals surface area contributed by atoms with Crippen LogP contribution in [0, 0.1) is 29.0 Å². The number of nitriles is 1. The molecule has 3 aromatic carbocycles. The average molecular weight is 531 g/mol. The third-order valence-corrected chi connectivity index (χ3v) is 7.86. The Hall–Kier alpha value is -3.73. The van der Waals surface area contributed by atoms with Gasteiger partial charge in [-0.25, -0.2) is 4.39 Å². The Bertz CT molecular complexity index is 1320. The number of likely N-dealkylation sites (tertiary alicyclic amines) is 2. The van der Waals surface area contributed by atoms with Crippen LogP contribution in [0.5, 0.6) is 0 Å². The molecule has 2 fully saturated rings. The lowest BCUT2D eigenvalue weighted by Gasteiger charge is -2.25. The van der Waals surface area contributed by atoms with Crippen LogP contribution in [0.4, 0.5) is 4.39 Å². The Morgan fingerprint density at radius 1 is 0.974 bits per heavy atom. The first-order chi connectivity index (χ1) is 18.4. The SMILES string of the molecule is N#Cc1ccc(C(=O)N[C@@H](CCN2CC3CN(C(=O)c4c(F)cccc4Cl)CC3C2)c2ccccc2)cc1. The average Bonchev–Trinajstić information content (AvgIpc) is 3.50. The maximum atomic E-state index is 14.3. The molecule has 0 aromatic heterocycles. The number of amides is 2. The number of hydrogen-bond acceptors (Lipinski definition) is 4. The molecule has 8 heteroatoms. The van der Waals surface area contributed by atoms with Gasteiger partial charge in [0.1, 0.15) is 5.82 Å². The van der Waals surface area contributed by atoms with Crippen LogP contribution in [0.2, 0.25) is 5.02 Å². The van der Waals surface area contributed by atoms with Crippen molar-refractivity contribution in [2.75, 3.05) is 32.7 Å². The maximum absolute atomic E-state index is 14.3. The van der Waals surface area contributed by atoms with Gasteiger partial charge in [0, 0.05) is 38.3 Å². The second kappa shape index (κ2) is 11.3. The van der Waals surface area contributed by atoms with Gasteiger partial charge >= 0.3 is 0 Å². The summed E-state index contributed by atoms with van der Waals surface area (Å²) in [5.74, 6) is -0.455. The van der Waals surface area contributed by atoms with Crippen LogP contribution in [0.3, 0.4) is 0 Å². The quantitative estimate of drug-likeness (QED) is 0.470. The van der Waals surface area contributed by atoms with Crippen LogP contribution in [0.1, 0.15) is 44.3 Å². The zero-order chi connectivity index (χ0) is 26.6. The molecule has 2 aliphatic rings. The van der Waals surface area contributed by atoms with Crippen LogP contribution in [0.25, 0.3) is 0 Å². The van der Waals surface area contributed by atoms with Gasteiger partial charge in [0.15, 0.2) is 0 Å². The number of fused-ring (bicyclic) bond motifs is 1. The molecular formula is C30H28ClFN4O2. The number of carbonyl (C=O) groups excluding carboxylic acids is 2. The highest BCUT2D eigenvalue weighted by Gasteiger charge is 2.42. The Labute approximate surface area is 226 Å². The van der Waals surface area contributed by atoms with Gasteiger partial charge in [-0.3, -0.25) is 9.59 Å². The van der Waals surface area contributed by atoms with E-state index in [9.17, 15) is 14.0 Å². The summed E-state index contributed by atoms with van der Waals surface area (Å²) in [5.41, 5.74) is 2.01. The van der Waals surface area contributed by atoms with E-state index in [1.165, 1.54) is 12.1 Å². The van der Waals surface area contributed by atoms with E-state index < -0.39 is 5.82 Å². The molecule has 3 aromatic rings. The first-order valence-electron chi connectivity index (χ1n) is 12.7. The van der Waals surface area contributed by atoms with E-state index in [1.807, 2.05) is 30.3 Å². The first-order valence-corrected chi connectivity index (χ1v) is 13.1. The van der Waals surface area contributed by atoms with E-state index in [-0.39, 0.29) is 28.4 Å². The van der Waals surface area contributed by atoms with Crippen LogP contribution >= 0.6 is 11.6 Å². The van der Waals surface area contributed by atoms with E-state index in [4.69, 9.17) is 16.9 Å². The minimum atomic E-state index is -0.587. The molecule has 0 aliphatic carbocycles. The van der Waals surface area contributed by atoms with Crippen LogP contribution in [-0.2, 0) is 0 Å². The van der Waals surface area contributed by atoms with Gasteiger partial charge in [-0.05, 0) is 60.2 Å². The van der Waals surface area contributed by atoms with E-state index in [2.05, 4.69) is 16.3 Å². The molecule has 0 bridgehead atoms. The highest BCUT2D eigenvalue weighted by atomic mass is 35.5. The fourth-order valence-corrected chi connectivity index (χ4v) is 5.80. The third kappa shape index (κ3) is 5.57. The van der Waals surface area contributed by atoms with Crippen molar-refractivity contribution >= 4 is 23.4 Å². The van der Waals surface area contributed by atoms with Crippen molar-refractivity contribution in [2.45, 2.75) is 12.5 Å². The van der Waals surface area contributed by atoms with Gasteiger partial charge in [0.2, 0.25) is 0 Å². The van der Waals surface area contributed by atoms with Crippen LogP contribution in [-0.4, -0.2) is 54.3 Å². The Kier molecular flexibility index (Phi) is 7.73. The van der Waals surface area contributed by atoms with Crippen LogP contribution < -0.4 is 5.32 Å². The normalized spacial score (nSPS) is 19.6. The summed E-state index contributed by atoms with van der Waals surface area (Å²) in [6.45, 7) is 3.67. The highest BCUT2D eigenvalue weighted by Crippen LogP contribution is 2.33. The van der Waals surface area contributed by atoms with Gasteiger partial charge in [0.25, 0.3) is 11.8 Å². The second-order valence-electron chi connectivity index (χ2n) is 10.0. The number of nitrogens with zero attached hydrogens (tertiary/aromatic N) is 3. The Morgan fingerprint density at radius 3 is 2.29 bits per heavy atom. The summed E-state index contributed by atoms with van der Waals surface area (Å²) in [5, 5.41) is 12.3. The summed E-state index contributed by atoms with van der Waals surface area (Å²) in [4.78, 5) is 30.0. The van der Waals surface area contributed by atoms with Crippen molar-refractivity contribution < 1.29 is 14.0 Å². The highest BCUT2D eigenvalue weighted by molar-refractivity contribution is 6.33. The van der Waals surface area contributed by atoms with E-state index in [0.717, 1.165) is 31.6 Å². The molecule has 1 N–H and O–H groups in total. The molecule has 2 saturated heterocycles. The largest absolute Gasteiger partial charge is 0.345 e. The predicted octanol–water partition coefficient (Wildman–Crippen LogP) is 4.92. The zero-order valence-electron chi connectivity index (χ0n) is 20.8. The molecule has 3 atom stereocenters. The lowest BCUT2D eigenvalue weighted by Crippen LogP contribution is -2.35. The van der Waals surface area contributed by atoms with Crippen molar-refractivity contribution in [3.63, 3.8) is 0 Å². The lowest BCUT2D eigenvalue weighted by molar-refractivity contribution is 0.0769. The summed E-state index contributed by atoms with van der Waals surface area (Å²) in [6, 6.07) is 22.7. The third-order valence-electron chi connectivity index (χ3n) is 7.54. The Balaban J connectivity index is 1.19. The molecule has 38 heavy (non-hydrogen) atoms. The molecule has 2 unspecified atom stereocenters. The fraction of sp³-hybridized carbons (Fsp3) is 0.300. The smallest absolute Gasteiger partial charge is 0.258 e. The first kappa shape index (κ1) is 25.9. The molecular weight excluding hydrogens is 503 g/mol. The van der Waals surface area contributed by atoms with Gasteiger partial charge < -0.3 is 15.1 Å². The fourth-order valence-electron chi connectivity index (χ4n) is 5.56. The van der Waals surface area contributed by atoms with Crippen molar-refractivity contribution in [3.05, 3.63) is 106 Å². The number of halogens is 2. The van der Waals surface area contributed by atoms with Crippen molar-refractivity contribution in [2.24, 2.45) is 11.8 Å². The van der Waals surface area contributed by atoms with Gasteiger partial charge in [0.05, 0.1) is 28.3 Å². The van der Waals surface area contributed by atoms with Gasteiger partial charge in [-0.1, -0.05) is 48.0 Å². The molecule has 0 spiro atoms. The van der Waals surface area contributed by atoms with Crippen molar-refractivity contribution in [3.8, 4) is 6.07 Å². The molecule has 0 saturated carbocycles. The molecule has 2 aliphatic heterocycles. The number of carbonyl (C=O) groups is 2. The minimum Gasteiger partial charge on any atom is -0.345 e. The van der Waals surface area contributed by atoms with Crippen LogP contribution in [0.15, 0.2) is 72.8 Å². The minimum absolute atomic E-state index is 0.0466. The molecule has 0 radical (unpaired) electrons. The summed E-state index contributed by atoms with van der Waals surface area (Å²) >= 11 is 6.12. The monoisotopic (exact) mass is 530 g/mol. The van der Waals surface area contributed by atoms with E-state index >= 15 is 0 Å². The molecule has 2 heterocycles. The molecule has 2 amide bonds. The molecule has 6 nitrogen and oxygen atoms in total.